The van der Waals surface area contributed by atoms with E-state index in [9.17, 15) is 19.5 Å². The molecule has 4 atom stereocenters. The van der Waals surface area contributed by atoms with Crippen molar-refractivity contribution in [2.24, 2.45) is 17.8 Å². The topological polar surface area (TPSA) is 95.9 Å². The van der Waals surface area contributed by atoms with Gasteiger partial charge in [-0.1, -0.05) is 68.3 Å². The summed E-state index contributed by atoms with van der Waals surface area (Å²) < 4.78 is 5.71. The molecule has 1 aliphatic heterocycles. The van der Waals surface area contributed by atoms with E-state index in [0.717, 1.165) is 24.0 Å². The molecule has 2 N–H and O–H groups in total. The highest BCUT2D eigenvalue weighted by Crippen LogP contribution is 2.44. The number of carboxylic acid groups (broad SMARTS) is 1. The lowest BCUT2D eigenvalue weighted by Crippen LogP contribution is -2.49. The number of ether oxygens (including phenoxy) is 1. The molecule has 7 nitrogen and oxygen atoms in total. The molecule has 2 aromatic rings. The van der Waals surface area contributed by atoms with Crippen LogP contribution in [-0.2, 0) is 14.3 Å². The summed E-state index contributed by atoms with van der Waals surface area (Å²) in [4.78, 5) is 39.3. The van der Waals surface area contributed by atoms with Gasteiger partial charge in [0, 0.05) is 25.0 Å². The molecule has 5 rings (SSSR count). The van der Waals surface area contributed by atoms with Crippen LogP contribution in [-0.4, -0.2) is 53.7 Å². The number of hydrogen-bond donors (Lipinski definition) is 2. The van der Waals surface area contributed by atoms with Crippen LogP contribution in [0.5, 0.6) is 0 Å². The zero-order valence-electron chi connectivity index (χ0n) is 20.0. The average Bonchev–Trinajstić information content (AvgIpc) is 3.41. The fourth-order valence-corrected chi connectivity index (χ4v) is 6.09. The van der Waals surface area contributed by atoms with Gasteiger partial charge in [-0.2, -0.15) is 0 Å². The first kappa shape index (κ1) is 23.4. The molecule has 1 saturated heterocycles. The fraction of sp³-hybridized carbons (Fsp3) is 0.464. The van der Waals surface area contributed by atoms with Crippen molar-refractivity contribution in [3.63, 3.8) is 0 Å². The third-order valence-corrected chi connectivity index (χ3v) is 7.97. The van der Waals surface area contributed by atoms with Crippen molar-refractivity contribution in [3.05, 3.63) is 59.7 Å². The largest absolute Gasteiger partial charge is 0.481 e. The number of benzene rings is 2. The quantitative estimate of drug-likeness (QED) is 0.672. The first-order valence-electron chi connectivity index (χ1n) is 12.6. The maximum absolute atomic E-state index is 13.3. The molecule has 1 saturated carbocycles. The summed E-state index contributed by atoms with van der Waals surface area (Å²) in [5.74, 6) is -1.88. The monoisotopic (exact) mass is 476 g/mol. The van der Waals surface area contributed by atoms with Crippen LogP contribution in [0.25, 0.3) is 11.1 Å². The van der Waals surface area contributed by atoms with Crippen LogP contribution >= 0.6 is 0 Å². The van der Waals surface area contributed by atoms with Crippen molar-refractivity contribution >= 4 is 18.0 Å². The third-order valence-electron chi connectivity index (χ3n) is 7.97. The van der Waals surface area contributed by atoms with Crippen LogP contribution in [0.15, 0.2) is 48.5 Å². The van der Waals surface area contributed by atoms with Gasteiger partial charge in [0.1, 0.15) is 6.61 Å². The smallest absolute Gasteiger partial charge is 0.407 e. The Hall–Kier alpha value is -3.35. The van der Waals surface area contributed by atoms with Gasteiger partial charge in [-0.25, -0.2) is 4.79 Å². The first-order chi connectivity index (χ1) is 16.9. The van der Waals surface area contributed by atoms with Gasteiger partial charge in [0.05, 0.1) is 11.8 Å². The van der Waals surface area contributed by atoms with Gasteiger partial charge in [-0.3, -0.25) is 9.59 Å². The number of rotatable bonds is 5. The van der Waals surface area contributed by atoms with E-state index in [4.69, 9.17) is 4.74 Å². The molecule has 7 heteroatoms. The molecule has 0 spiro atoms. The Kier molecular flexibility index (Phi) is 6.50. The van der Waals surface area contributed by atoms with E-state index in [1.165, 1.54) is 11.1 Å². The van der Waals surface area contributed by atoms with Gasteiger partial charge < -0.3 is 20.1 Å². The Morgan fingerprint density at radius 3 is 2.20 bits per heavy atom. The number of nitrogens with zero attached hydrogens (tertiary/aromatic N) is 1. The van der Waals surface area contributed by atoms with Gasteiger partial charge in [0.25, 0.3) is 0 Å². The van der Waals surface area contributed by atoms with E-state index in [2.05, 4.69) is 29.6 Å². The number of carbonyl (C=O) groups excluding carboxylic acids is 2. The van der Waals surface area contributed by atoms with Gasteiger partial charge in [0.15, 0.2) is 0 Å². The first-order valence-corrected chi connectivity index (χ1v) is 12.6. The number of carbonyl (C=O) groups is 3. The third kappa shape index (κ3) is 4.51. The second kappa shape index (κ2) is 9.72. The van der Waals surface area contributed by atoms with Gasteiger partial charge in [-0.15, -0.1) is 0 Å². The number of carboxylic acids is 1. The van der Waals surface area contributed by atoms with E-state index in [0.29, 0.717) is 19.4 Å². The SMILES string of the molecule is CC1CN(C(=O)[C@@H]2CCCC[C@@H]2NC(=O)OCC2c3ccccc3-c3ccccc32)CC1C(=O)O. The standard InChI is InChI=1S/C28H32N2O5/c1-17-14-30(15-23(17)27(32)33)26(31)22-12-6-7-13-25(22)29-28(34)35-16-24-20-10-4-2-8-18(20)19-9-3-5-11-21(19)24/h2-5,8-11,17,22-25H,6-7,12-16H2,1H3,(H,29,34)(H,32,33)/t17?,22-,23?,25+/m1/s1. The maximum atomic E-state index is 13.3. The normalized spacial score (nSPS) is 25.6. The fourth-order valence-electron chi connectivity index (χ4n) is 6.09. The van der Waals surface area contributed by atoms with E-state index in [1.54, 1.807) is 4.90 Å². The number of nitrogens with one attached hydrogen (secondary N) is 1. The van der Waals surface area contributed by atoms with Gasteiger partial charge in [-0.05, 0) is 41.0 Å². The molecule has 35 heavy (non-hydrogen) atoms. The molecule has 184 valence electrons. The van der Waals surface area contributed by atoms with E-state index in [-0.39, 0.29) is 42.9 Å². The summed E-state index contributed by atoms with van der Waals surface area (Å²) >= 11 is 0. The van der Waals surface area contributed by atoms with Crippen LogP contribution in [0.4, 0.5) is 4.79 Å². The van der Waals surface area contributed by atoms with Crippen molar-refractivity contribution < 1.29 is 24.2 Å². The number of amides is 2. The van der Waals surface area contributed by atoms with Crippen LogP contribution < -0.4 is 5.32 Å². The molecule has 2 aromatic carbocycles. The molecule has 2 amide bonds. The predicted molar refractivity (Wildman–Crippen MR) is 131 cm³/mol. The minimum Gasteiger partial charge on any atom is -0.481 e. The van der Waals surface area contributed by atoms with E-state index >= 15 is 0 Å². The van der Waals surface area contributed by atoms with Gasteiger partial charge >= 0.3 is 12.1 Å². The molecular formula is C28H32N2O5. The van der Waals surface area contributed by atoms with E-state index < -0.39 is 18.0 Å². The molecular weight excluding hydrogens is 444 g/mol. The van der Waals surface area contributed by atoms with Crippen LogP contribution in [0.3, 0.4) is 0 Å². The molecule has 0 aromatic heterocycles. The Bertz CT molecular complexity index is 1090. The molecule has 1 heterocycles. The predicted octanol–water partition coefficient (Wildman–Crippen LogP) is 4.26. The van der Waals surface area contributed by atoms with Crippen LogP contribution in [0.1, 0.15) is 49.7 Å². The summed E-state index contributed by atoms with van der Waals surface area (Å²) in [6.07, 6.45) is 2.76. The average molecular weight is 477 g/mol. The second-order valence-corrected chi connectivity index (χ2v) is 10.1. The molecule has 0 bridgehead atoms. The zero-order valence-corrected chi connectivity index (χ0v) is 20.0. The zero-order chi connectivity index (χ0) is 24.5. The highest BCUT2D eigenvalue weighted by Gasteiger charge is 2.42. The number of fused-ring (bicyclic) bond motifs is 3. The summed E-state index contributed by atoms with van der Waals surface area (Å²) in [7, 11) is 0. The summed E-state index contributed by atoms with van der Waals surface area (Å²) in [6.45, 7) is 2.79. The Balaban J connectivity index is 1.22. The second-order valence-electron chi connectivity index (χ2n) is 10.1. The Labute approximate surface area is 205 Å². The Morgan fingerprint density at radius 2 is 1.57 bits per heavy atom. The van der Waals surface area contributed by atoms with E-state index in [1.807, 2.05) is 31.2 Å². The van der Waals surface area contributed by atoms with Crippen molar-refractivity contribution in [3.8, 4) is 11.1 Å². The lowest BCUT2D eigenvalue weighted by Gasteiger charge is -2.33. The van der Waals surface area contributed by atoms with Crippen LogP contribution in [0.2, 0.25) is 0 Å². The van der Waals surface area contributed by atoms with Crippen molar-refractivity contribution in [1.82, 2.24) is 10.2 Å². The maximum Gasteiger partial charge on any atom is 0.407 e. The molecule has 2 unspecified atom stereocenters. The summed E-state index contributed by atoms with van der Waals surface area (Å²) in [5.41, 5.74) is 4.66. The highest BCUT2D eigenvalue weighted by atomic mass is 16.5. The molecule has 2 aliphatic carbocycles. The Morgan fingerprint density at radius 1 is 0.943 bits per heavy atom. The number of likely N-dealkylation sites (tertiary alicyclic amines) is 1. The molecule has 2 fully saturated rings. The molecule has 3 aliphatic rings. The van der Waals surface area contributed by atoms with Crippen molar-refractivity contribution in [1.29, 1.82) is 0 Å². The number of hydrogen-bond acceptors (Lipinski definition) is 4. The van der Waals surface area contributed by atoms with Gasteiger partial charge in [0.2, 0.25) is 5.91 Å². The van der Waals surface area contributed by atoms with Crippen LogP contribution in [0, 0.1) is 17.8 Å². The summed E-state index contributed by atoms with van der Waals surface area (Å²) in [5, 5.41) is 12.4. The number of aliphatic carboxylic acids is 1. The minimum atomic E-state index is -0.857. The summed E-state index contributed by atoms with van der Waals surface area (Å²) in [6, 6.07) is 16.1. The van der Waals surface area contributed by atoms with Crippen molar-refractivity contribution in [2.45, 2.75) is 44.6 Å². The lowest BCUT2D eigenvalue weighted by atomic mass is 9.83. The highest BCUT2D eigenvalue weighted by molar-refractivity contribution is 5.83. The molecule has 0 radical (unpaired) electrons. The lowest BCUT2D eigenvalue weighted by molar-refractivity contribution is -0.142. The van der Waals surface area contributed by atoms with Crippen molar-refractivity contribution in [2.75, 3.05) is 19.7 Å². The number of alkyl carbamates (subject to hydrolysis) is 1. The minimum absolute atomic E-state index is 0.0176.